The molecule has 0 bridgehead atoms. The van der Waals surface area contributed by atoms with E-state index in [2.05, 4.69) is 10.5 Å². The van der Waals surface area contributed by atoms with Crippen molar-refractivity contribution in [2.24, 2.45) is 5.16 Å². The molecule has 1 saturated heterocycles. The van der Waals surface area contributed by atoms with Gasteiger partial charge in [-0.3, -0.25) is 4.84 Å². The van der Waals surface area contributed by atoms with Crippen LogP contribution in [0.15, 0.2) is 5.16 Å². The summed E-state index contributed by atoms with van der Waals surface area (Å²) in [7, 11) is 3.53. The Hall–Kier alpha value is -1.98. The first kappa shape index (κ1) is 16.1. The average molecular weight is 283 g/mol. The molecule has 0 aromatic rings. The number of morpholine rings is 1. The third-order valence-corrected chi connectivity index (χ3v) is 2.45. The molecule has 0 saturated carbocycles. The van der Waals surface area contributed by atoms with Gasteiger partial charge in [0.05, 0.1) is 13.2 Å². The molecule has 0 spiro atoms. The van der Waals surface area contributed by atoms with Crippen LogP contribution in [0.5, 0.6) is 0 Å². The topological polar surface area (TPSA) is 96.0 Å². The summed E-state index contributed by atoms with van der Waals surface area (Å²) in [4.78, 5) is 16.6. The minimum absolute atomic E-state index is 0.166. The van der Waals surface area contributed by atoms with Gasteiger partial charge in [0.25, 0.3) is 5.71 Å². The van der Waals surface area contributed by atoms with E-state index in [0.29, 0.717) is 19.0 Å². The van der Waals surface area contributed by atoms with Gasteiger partial charge < -0.3 is 14.8 Å². The summed E-state index contributed by atoms with van der Waals surface area (Å²) in [6, 6.07) is 1.65. The van der Waals surface area contributed by atoms with Crippen LogP contribution in [0.1, 0.15) is 6.92 Å². The molecule has 0 aliphatic carbocycles. The number of oxime groups is 1. The number of carbonyl (C=O) groups is 1. The lowest BCUT2D eigenvalue weighted by atomic mass is 10.3. The maximum Gasteiger partial charge on any atom is 0.393 e. The molecule has 1 rings (SSSR count). The number of ether oxygens (including phenoxy) is 2. The molecule has 20 heavy (non-hydrogen) atoms. The highest BCUT2D eigenvalue weighted by Crippen LogP contribution is 2.01. The predicted molar refractivity (Wildman–Crippen MR) is 70.5 cm³/mol. The molecule has 1 unspecified atom stereocenters. The minimum Gasteiger partial charge on any atom is -0.461 e. The summed E-state index contributed by atoms with van der Waals surface area (Å²) < 4.78 is 11.9. The summed E-state index contributed by atoms with van der Waals surface area (Å²) in [6.07, 6.45) is -0.315. The molecule has 1 aliphatic rings. The normalized spacial score (nSPS) is 18.9. The highest BCUT2D eigenvalue weighted by Gasteiger charge is 2.29. The second-order valence-electron chi connectivity index (χ2n) is 4.16. The zero-order valence-corrected chi connectivity index (χ0v) is 11.9. The molecule has 1 heterocycles. The van der Waals surface area contributed by atoms with Gasteiger partial charge in [-0.2, -0.15) is 5.26 Å². The maximum atomic E-state index is 11.4. The van der Waals surface area contributed by atoms with Crippen LogP contribution < -0.4 is 5.32 Å². The Bertz CT molecular complexity index is 443. The third kappa shape index (κ3) is 4.60. The Balaban J connectivity index is 2.78. The van der Waals surface area contributed by atoms with Crippen molar-refractivity contribution in [1.29, 1.82) is 5.26 Å². The number of nitrogens with zero attached hydrogens (tertiary/aromatic N) is 3. The first-order chi connectivity index (χ1) is 9.60. The quantitative estimate of drug-likeness (QED) is 0.236. The summed E-state index contributed by atoms with van der Waals surface area (Å²) >= 11 is 0. The van der Waals surface area contributed by atoms with Gasteiger partial charge >= 0.3 is 11.9 Å². The predicted octanol–water partition coefficient (Wildman–Crippen LogP) is -0.895. The summed E-state index contributed by atoms with van der Waals surface area (Å²) in [5.74, 6) is -0.398. The Kier molecular flexibility index (Phi) is 6.63. The number of hydrogen-bond acceptors (Lipinski definition) is 7. The summed E-state index contributed by atoms with van der Waals surface area (Å²) in [6.45, 7) is 3.71. The highest BCUT2D eigenvalue weighted by molar-refractivity contribution is 6.42. The number of carbonyl (C=O) groups excluding carboxylic acids is 1. The van der Waals surface area contributed by atoms with Gasteiger partial charge in [-0.25, -0.2) is 9.37 Å². The van der Waals surface area contributed by atoms with E-state index in [-0.39, 0.29) is 12.7 Å². The van der Waals surface area contributed by atoms with Gasteiger partial charge in [0, 0.05) is 13.1 Å². The minimum atomic E-state index is -0.809. The lowest BCUT2D eigenvalue weighted by Crippen LogP contribution is -2.46. The van der Waals surface area contributed by atoms with Crippen LogP contribution in [0.25, 0.3) is 0 Å². The number of nitriles is 1. The van der Waals surface area contributed by atoms with E-state index >= 15 is 0 Å². The molecule has 110 valence electrons. The first-order valence-electron chi connectivity index (χ1n) is 6.28. The second kappa shape index (κ2) is 8.24. The standard InChI is InChI=1S/C12H19N4O4/c1-4-18-12(17)9(7-13)15-20-11(16(2)3)10-8-14-5-6-19-10/h10,14H,4-6,8H2,1-3H3/q+1/b15-9+. The number of esters is 1. The third-order valence-electron chi connectivity index (χ3n) is 2.45. The van der Waals surface area contributed by atoms with Gasteiger partial charge in [-0.05, 0) is 6.92 Å². The van der Waals surface area contributed by atoms with Gasteiger partial charge in [0.1, 0.15) is 20.2 Å². The van der Waals surface area contributed by atoms with Gasteiger partial charge in [-0.1, -0.05) is 5.16 Å². The molecular weight excluding hydrogens is 264 g/mol. The fourth-order valence-electron chi connectivity index (χ4n) is 1.55. The average Bonchev–Trinajstić information content (AvgIpc) is 2.44. The molecule has 8 nitrogen and oxygen atoms in total. The van der Waals surface area contributed by atoms with E-state index in [9.17, 15) is 4.79 Å². The van der Waals surface area contributed by atoms with E-state index < -0.39 is 11.7 Å². The van der Waals surface area contributed by atoms with E-state index in [4.69, 9.17) is 19.6 Å². The molecule has 1 atom stereocenters. The number of rotatable bonds is 4. The Morgan fingerprint density at radius 3 is 2.85 bits per heavy atom. The zero-order valence-electron chi connectivity index (χ0n) is 11.9. The maximum absolute atomic E-state index is 11.4. The van der Waals surface area contributed by atoms with Crippen LogP contribution in [0.2, 0.25) is 0 Å². The molecule has 1 aliphatic heterocycles. The van der Waals surface area contributed by atoms with Crippen molar-refractivity contribution in [3.05, 3.63) is 0 Å². The fourth-order valence-corrected chi connectivity index (χ4v) is 1.55. The van der Waals surface area contributed by atoms with E-state index in [1.54, 1.807) is 31.7 Å². The lowest BCUT2D eigenvalue weighted by Gasteiger charge is -2.21. The van der Waals surface area contributed by atoms with E-state index in [0.717, 1.165) is 6.54 Å². The molecule has 0 aromatic carbocycles. The Morgan fingerprint density at radius 2 is 2.35 bits per heavy atom. The summed E-state index contributed by atoms with van der Waals surface area (Å²) in [5, 5.41) is 15.6. The van der Waals surface area contributed by atoms with Crippen molar-refractivity contribution in [1.82, 2.24) is 5.32 Å². The summed E-state index contributed by atoms with van der Waals surface area (Å²) in [5.41, 5.74) is -0.435. The van der Waals surface area contributed by atoms with Gasteiger partial charge in [0.2, 0.25) is 0 Å². The Labute approximate surface area is 117 Å². The SMILES string of the molecule is CCOC(=O)/C(C#N)=N/OC(C1CNCCO1)=[N+](C)C. The fraction of sp³-hybridized carbons (Fsp3) is 0.667. The number of nitrogens with one attached hydrogen (secondary N) is 1. The van der Waals surface area contributed by atoms with Crippen molar-refractivity contribution in [3.63, 3.8) is 0 Å². The van der Waals surface area contributed by atoms with Crippen molar-refractivity contribution in [2.75, 3.05) is 40.4 Å². The van der Waals surface area contributed by atoms with Crippen molar-refractivity contribution in [2.45, 2.75) is 13.0 Å². The molecule has 0 radical (unpaired) electrons. The van der Waals surface area contributed by atoms with Crippen LogP contribution in [-0.2, 0) is 19.1 Å². The van der Waals surface area contributed by atoms with Gasteiger partial charge in [0.15, 0.2) is 6.10 Å². The van der Waals surface area contributed by atoms with Gasteiger partial charge in [-0.15, -0.1) is 0 Å². The lowest BCUT2D eigenvalue weighted by molar-refractivity contribution is -0.478. The van der Waals surface area contributed by atoms with Crippen LogP contribution >= 0.6 is 0 Å². The zero-order chi connectivity index (χ0) is 15.0. The molecule has 8 heteroatoms. The van der Waals surface area contributed by atoms with E-state index in [1.165, 1.54) is 0 Å². The second-order valence-corrected chi connectivity index (χ2v) is 4.16. The van der Waals surface area contributed by atoms with Crippen molar-refractivity contribution >= 4 is 17.6 Å². The van der Waals surface area contributed by atoms with Crippen LogP contribution in [0.4, 0.5) is 0 Å². The number of hydrogen-bond donors (Lipinski definition) is 1. The monoisotopic (exact) mass is 283 g/mol. The molecule has 0 amide bonds. The molecule has 0 aromatic heterocycles. The molecular formula is C12H19N4O4+. The molecule has 1 fully saturated rings. The smallest absolute Gasteiger partial charge is 0.393 e. The van der Waals surface area contributed by atoms with E-state index in [1.807, 2.05) is 0 Å². The van der Waals surface area contributed by atoms with Crippen molar-refractivity contribution < 1.29 is 23.7 Å². The van der Waals surface area contributed by atoms with Crippen molar-refractivity contribution in [3.8, 4) is 6.07 Å². The first-order valence-corrected chi connectivity index (χ1v) is 6.28. The Morgan fingerprint density at radius 1 is 1.60 bits per heavy atom. The van der Waals surface area contributed by atoms with Crippen LogP contribution in [-0.4, -0.2) is 68.7 Å². The van der Waals surface area contributed by atoms with Crippen LogP contribution in [0, 0.1) is 11.3 Å². The molecule has 1 N–H and O–H groups in total. The highest BCUT2D eigenvalue weighted by atomic mass is 16.7. The largest absolute Gasteiger partial charge is 0.461 e. The van der Waals surface area contributed by atoms with Crippen LogP contribution in [0.3, 0.4) is 0 Å².